The fourth-order valence-corrected chi connectivity index (χ4v) is 5.15. The van der Waals surface area contributed by atoms with Crippen LogP contribution in [0.4, 0.5) is 0 Å². The maximum atomic E-state index is 10.8. The summed E-state index contributed by atoms with van der Waals surface area (Å²) < 4.78 is 1.96. The Morgan fingerprint density at radius 1 is 0.964 bits per heavy atom. The van der Waals surface area contributed by atoms with Crippen LogP contribution < -0.4 is 0 Å². The zero-order valence-corrected chi connectivity index (χ0v) is 16.2. The van der Waals surface area contributed by atoms with Crippen molar-refractivity contribution in [1.29, 1.82) is 0 Å². The van der Waals surface area contributed by atoms with E-state index in [4.69, 9.17) is 0 Å². The zero-order chi connectivity index (χ0) is 19.0. The number of aromatic nitrogens is 2. The van der Waals surface area contributed by atoms with Gasteiger partial charge in [0.25, 0.3) is 0 Å². The second-order valence-electron chi connectivity index (χ2n) is 8.33. The summed E-state index contributed by atoms with van der Waals surface area (Å²) in [5.41, 5.74) is 5.34. The molecule has 1 saturated heterocycles. The molecule has 4 nitrogen and oxygen atoms in total. The van der Waals surface area contributed by atoms with Gasteiger partial charge in [0.2, 0.25) is 0 Å². The fraction of sp³-hybridized carbons (Fsp3) is 0.375. The summed E-state index contributed by atoms with van der Waals surface area (Å²) in [6.45, 7) is 3.86. The molecule has 3 aromatic rings. The molecule has 1 unspecified atom stereocenters. The summed E-state index contributed by atoms with van der Waals surface area (Å²) in [5, 5.41) is 15.1. The van der Waals surface area contributed by atoms with Gasteiger partial charge in [-0.1, -0.05) is 48.5 Å². The molecule has 0 bridgehead atoms. The first-order valence-electron chi connectivity index (χ1n) is 10.3. The molecule has 1 aromatic heterocycles. The average molecular weight is 374 g/mol. The normalized spacial score (nSPS) is 21.1. The molecule has 0 saturated carbocycles. The van der Waals surface area contributed by atoms with Gasteiger partial charge in [0, 0.05) is 24.4 Å². The van der Waals surface area contributed by atoms with Crippen LogP contribution in [0.3, 0.4) is 0 Å². The molecule has 28 heavy (non-hydrogen) atoms. The van der Waals surface area contributed by atoms with Crippen LogP contribution in [0.5, 0.6) is 0 Å². The van der Waals surface area contributed by atoms with E-state index < -0.39 is 0 Å². The molecule has 2 aliphatic rings. The van der Waals surface area contributed by atoms with Gasteiger partial charge in [-0.2, -0.15) is 5.10 Å². The SMILES string of the molecule is OC1Cc2ccccc2C12CCN(Cc1cccc(Cn3cccn3)c1)CC2. The number of fused-ring (bicyclic) bond motifs is 2. The van der Waals surface area contributed by atoms with E-state index in [0.29, 0.717) is 0 Å². The third kappa shape index (κ3) is 3.17. The van der Waals surface area contributed by atoms with Crippen LogP contribution in [0.1, 0.15) is 35.1 Å². The van der Waals surface area contributed by atoms with Gasteiger partial charge in [0.15, 0.2) is 0 Å². The van der Waals surface area contributed by atoms with Gasteiger partial charge >= 0.3 is 0 Å². The number of piperidine rings is 1. The first-order valence-corrected chi connectivity index (χ1v) is 10.3. The van der Waals surface area contributed by atoms with Gasteiger partial charge in [-0.25, -0.2) is 0 Å². The molecule has 1 spiro atoms. The average Bonchev–Trinajstić information content (AvgIpc) is 3.31. The highest BCUT2D eigenvalue weighted by molar-refractivity contribution is 5.42. The lowest BCUT2D eigenvalue weighted by Crippen LogP contribution is -2.47. The van der Waals surface area contributed by atoms with Crippen molar-refractivity contribution in [3.8, 4) is 0 Å². The maximum Gasteiger partial charge on any atom is 0.0678 e. The van der Waals surface area contributed by atoms with Crippen LogP contribution >= 0.6 is 0 Å². The minimum Gasteiger partial charge on any atom is -0.392 e. The monoisotopic (exact) mass is 373 g/mol. The second-order valence-corrected chi connectivity index (χ2v) is 8.33. The Balaban J connectivity index is 1.26. The number of hydrogen-bond donors (Lipinski definition) is 1. The van der Waals surface area contributed by atoms with Gasteiger partial charge in [-0.3, -0.25) is 9.58 Å². The molecule has 1 atom stereocenters. The molecule has 0 amide bonds. The minimum atomic E-state index is -0.232. The van der Waals surface area contributed by atoms with Crippen LogP contribution in [-0.2, 0) is 24.9 Å². The second kappa shape index (κ2) is 7.19. The molecule has 1 aliphatic carbocycles. The number of aliphatic hydroxyl groups is 1. The Bertz CT molecular complexity index is 942. The maximum absolute atomic E-state index is 10.8. The summed E-state index contributed by atoms with van der Waals surface area (Å²) in [7, 11) is 0. The molecule has 1 fully saturated rings. The lowest BCUT2D eigenvalue weighted by Gasteiger charge is -2.42. The van der Waals surface area contributed by atoms with Crippen molar-refractivity contribution in [2.45, 2.75) is 43.9 Å². The van der Waals surface area contributed by atoms with Crippen molar-refractivity contribution < 1.29 is 5.11 Å². The third-order valence-corrected chi connectivity index (χ3v) is 6.65. The number of benzene rings is 2. The van der Waals surface area contributed by atoms with Crippen LogP contribution in [-0.4, -0.2) is 39.0 Å². The first-order chi connectivity index (χ1) is 13.7. The molecular weight excluding hydrogens is 346 g/mol. The lowest BCUT2D eigenvalue weighted by atomic mass is 9.72. The summed E-state index contributed by atoms with van der Waals surface area (Å²) in [6.07, 6.45) is 6.48. The summed E-state index contributed by atoms with van der Waals surface area (Å²) in [6, 6.07) is 19.4. The Morgan fingerprint density at radius 2 is 1.75 bits per heavy atom. The van der Waals surface area contributed by atoms with Crippen molar-refractivity contribution in [1.82, 2.24) is 14.7 Å². The molecule has 4 heteroatoms. The van der Waals surface area contributed by atoms with Gasteiger partial charge in [-0.15, -0.1) is 0 Å². The van der Waals surface area contributed by atoms with Crippen molar-refractivity contribution in [2.75, 3.05) is 13.1 Å². The van der Waals surface area contributed by atoms with E-state index in [9.17, 15) is 5.11 Å². The topological polar surface area (TPSA) is 41.3 Å². The van der Waals surface area contributed by atoms with Crippen molar-refractivity contribution in [3.05, 3.63) is 89.2 Å². The smallest absolute Gasteiger partial charge is 0.0678 e. The van der Waals surface area contributed by atoms with Gasteiger partial charge in [0.05, 0.1) is 12.6 Å². The molecule has 2 heterocycles. The summed E-state index contributed by atoms with van der Waals surface area (Å²) in [5.74, 6) is 0. The summed E-state index contributed by atoms with van der Waals surface area (Å²) in [4.78, 5) is 2.53. The molecule has 5 rings (SSSR count). The Kier molecular flexibility index (Phi) is 4.53. The van der Waals surface area contributed by atoms with Crippen LogP contribution in [0.15, 0.2) is 67.0 Å². The van der Waals surface area contributed by atoms with E-state index in [0.717, 1.165) is 45.4 Å². The highest BCUT2D eigenvalue weighted by Gasteiger charge is 2.47. The van der Waals surface area contributed by atoms with E-state index in [2.05, 4.69) is 58.5 Å². The van der Waals surface area contributed by atoms with Gasteiger partial charge in [0.1, 0.15) is 0 Å². The predicted molar refractivity (Wildman–Crippen MR) is 110 cm³/mol. The highest BCUT2D eigenvalue weighted by Crippen LogP contribution is 2.46. The van der Waals surface area contributed by atoms with Crippen molar-refractivity contribution in [3.63, 3.8) is 0 Å². The Labute approximate surface area is 166 Å². The molecule has 1 N–H and O–H groups in total. The molecule has 2 aromatic carbocycles. The Morgan fingerprint density at radius 3 is 2.54 bits per heavy atom. The summed E-state index contributed by atoms with van der Waals surface area (Å²) >= 11 is 0. The quantitative estimate of drug-likeness (QED) is 0.762. The van der Waals surface area contributed by atoms with Crippen LogP contribution in [0.2, 0.25) is 0 Å². The Hall–Kier alpha value is -2.43. The van der Waals surface area contributed by atoms with E-state index in [1.807, 2.05) is 23.1 Å². The van der Waals surface area contributed by atoms with E-state index >= 15 is 0 Å². The van der Waals surface area contributed by atoms with Gasteiger partial charge < -0.3 is 5.11 Å². The fourth-order valence-electron chi connectivity index (χ4n) is 5.15. The number of aliphatic hydroxyl groups excluding tert-OH is 1. The van der Waals surface area contributed by atoms with Crippen molar-refractivity contribution >= 4 is 0 Å². The minimum absolute atomic E-state index is 0.0327. The van der Waals surface area contributed by atoms with Crippen LogP contribution in [0, 0.1) is 0 Å². The molecule has 144 valence electrons. The van der Waals surface area contributed by atoms with E-state index in [-0.39, 0.29) is 11.5 Å². The van der Waals surface area contributed by atoms with E-state index in [1.54, 1.807) is 0 Å². The van der Waals surface area contributed by atoms with Crippen molar-refractivity contribution in [2.24, 2.45) is 0 Å². The lowest BCUT2D eigenvalue weighted by molar-refractivity contribution is 0.0414. The number of likely N-dealkylation sites (tertiary alicyclic amines) is 1. The van der Waals surface area contributed by atoms with E-state index in [1.165, 1.54) is 22.3 Å². The van der Waals surface area contributed by atoms with Gasteiger partial charge in [-0.05, 0) is 60.7 Å². The molecular formula is C24H27N3O. The number of rotatable bonds is 4. The standard InChI is InChI=1S/C24H27N3O/c28-23-16-21-7-1-2-8-22(21)24(23)9-13-26(14-10-24)17-19-5-3-6-20(15-19)18-27-12-4-11-25-27/h1-8,11-12,15,23,28H,9-10,13-14,16-18H2. The third-order valence-electron chi connectivity index (χ3n) is 6.65. The predicted octanol–water partition coefficient (Wildman–Crippen LogP) is 3.38. The zero-order valence-electron chi connectivity index (χ0n) is 16.2. The largest absolute Gasteiger partial charge is 0.392 e. The first kappa shape index (κ1) is 17.7. The number of hydrogen-bond acceptors (Lipinski definition) is 3. The molecule has 0 radical (unpaired) electrons. The number of nitrogens with zero attached hydrogens (tertiary/aromatic N) is 3. The van der Waals surface area contributed by atoms with Crippen LogP contribution in [0.25, 0.3) is 0 Å². The highest BCUT2D eigenvalue weighted by atomic mass is 16.3. The molecule has 1 aliphatic heterocycles.